The highest BCUT2D eigenvalue weighted by Gasteiger charge is 2.28. The second-order valence-corrected chi connectivity index (χ2v) is 10.3. The molecule has 1 unspecified atom stereocenters. The Kier molecular flexibility index (Phi) is 8.35. The van der Waals surface area contributed by atoms with Gasteiger partial charge in [-0.1, -0.05) is 55.5 Å². The molecule has 2 aliphatic rings. The minimum Gasteiger partial charge on any atom is -0.353 e. The average molecular weight is 526 g/mol. The number of pyridine rings is 1. The molecule has 1 amide bonds. The molecule has 202 valence electrons. The predicted octanol–water partition coefficient (Wildman–Crippen LogP) is 5.44. The van der Waals surface area contributed by atoms with Gasteiger partial charge in [0.25, 0.3) is 0 Å². The number of hydrogen-bond acceptors (Lipinski definition) is 5. The van der Waals surface area contributed by atoms with Gasteiger partial charge in [0.05, 0.1) is 5.71 Å². The lowest BCUT2D eigenvalue weighted by molar-refractivity contribution is -0.132. The molecule has 1 saturated heterocycles. The van der Waals surface area contributed by atoms with Gasteiger partial charge in [0.1, 0.15) is 18.2 Å². The van der Waals surface area contributed by atoms with Gasteiger partial charge in [0, 0.05) is 44.0 Å². The Morgan fingerprint density at radius 3 is 2.41 bits per heavy atom. The molecule has 2 aromatic carbocycles. The summed E-state index contributed by atoms with van der Waals surface area (Å²) in [4.78, 5) is 22.2. The molecule has 0 saturated carbocycles. The Morgan fingerprint density at radius 1 is 0.974 bits per heavy atom. The molecule has 3 heterocycles. The van der Waals surface area contributed by atoms with Crippen LogP contribution in [0.3, 0.4) is 0 Å². The van der Waals surface area contributed by atoms with Crippen LogP contribution in [0.1, 0.15) is 36.5 Å². The van der Waals surface area contributed by atoms with Crippen LogP contribution in [-0.4, -0.2) is 59.2 Å². The minimum atomic E-state index is -0.269. The molecule has 7 heteroatoms. The standard InChI is InChI=1S/C32H36FN5O/c1-3-26-22-29(14-9-25-7-5-4-6-8-25)38(35-32(26)27-10-12-28(33)13-11-27)23-31(39)37-19-17-36(18-20-37)30-21-24(2)15-16-34-30/h4-8,10-13,15-16,21-22,26H,3,9,14,17-20,23H2,1-2H3. The van der Waals surface area contributed by atoms with Gasteiger partial charge in [-0.05, 0) is 67.1 Å². The van der Waals surface area contributed by atoms with Gasteiger partial charge in [-0.3, -0.25) is 9.80 Å². The first kappa shape index (κ1) is 26.6. The third kappa shape index (κ3) is 6.53. The Balaban J connectivity index is 1.32. The van der Waals surface area contributed by atoms with E-state index >= 15 is 0 Å². The molecule has 1 fully saturated rings. The summed E-state index contributed by atoms with van der Waals surface area (Å²) in [7, 11) is 0. The van der Waals surface area contributed by atoms with Crippen LogP contribution in [0.4, 0.5) is 10.2 Å². The number of hydrazone groups is 1. The number of hydrogen-bond donors (Lipinski definition) is 0. The van der Waals surface area contributed by atoms with Gasteiger partial charge in [-0.25, -0.2) is 9.37 Å². The molecule has 0 spiro atoms. The highest BCUT2D eigenvalue weighted by Crippen LogP contribution is 2.28. The number of piperazine rings is 1. The molecule has 2 aliphatic heterocycles. The summed E-state index contributed by atoms with van der Waals surface area (Å²) in [5, 5.41) is 6.91. The maximum atomic E-state index is 13.6. The smallest absolute Gasteiger partial charge is 0.244 e. The molecule has 3 aromatic rings. The van der Waals surface area contributed by atoms with Crippen molar-refractivity contribution in [2.45, 2.75) is 33.1 Å². The van der Waals surface area contributed by atoms with Gasteiger partial charge < -0.3 is 9.80 Å². The van der Waals surface area contributed by atoms with Gasteiger partial charge >= 0.3 is 0 Å². The Labute approximate surface area is 230 Å². The maximum Gasteiger partial charge on any atom is 0.244 e. The van der Waals surface area contributed by atoms with Crippen molar-refractivity contribution in [3.05, 3.63) is 107 Å². The van der Waals surface area contributed by atoms with Crippen LogP contribution in [0.15, 0.2) is 89.8 Å². The molecular formula is C32H36FN5O. The van der Waals surface area contributed by atoms with Gasteiger partial charge in [-0.2, -0.15) is 5.10 Å². The number of allylic oxidation sites excluding steroid dienone is 2. The Morgan fingerprint density at radius 2 is 1.72 bits per heavy atom. The molecule has 1 atom stereocenters. The Bertz CT molecular complexity index is 1330. The van der Waals surface area contributed by atoms with E-state index < -0.39 is 0 Å². The number of anilines is 1. The van der Waals surface area contributed by atoms with Crippen LogP contribution in [0.25, 0.3) is 0 Å². The number of amides is 1. The number of carbonyl (C=O) groups excluding carboxylic acids is 1. The van der Waals surface area contributed by atoms with E-state index in [1.165, 1.54) is 23.3 Å². The summed E-state index contributed by atoms with van der Waals surface area (Å²) in [6.45, 7) is 7.19. The highest BCUT2D eigenvalue weighted by atomic mass is 19.1. The molecule has 0 bridgehead atoms. The summed E-state index contributed by atoms with van der Waals surface area (Å²) in [6.07, 6.45) is 6.63. The maximum absolute atomic E-state index is 13.6. The van der Waals surface area contributed by atoms with Crippen molar-refractivity contribution >= 4 is 17.4 Å². The van der Waals surface area contributed by atoms with Crippen LogP contribution in [0.2, 0.25) is 0 Å². The van der Waals surface area contributed by atoms with Crippen molar-refractivity contribution < 1.29 is 9.18 Å². The van der Waals surface area contributed by atoms with Crippen LogP contribution in [0, 0.1) is 18.7 Å². The second kappa shape index (κ2) is 12.2. The lowest BCUT2D eigenvalue weighted by Gasteiger charge is -2.37. The summed E-state index contributed by atoms with van der Waals surface area (Å²) in [6, 6.07) is 21.0. The molecule has 0 N–H and O–H groups in total. The van der Waals surface area contributed by atoms with Crippen molar-refractivity contribution in [2.24, 2.45) is 11.0 Å². The Hall–Kier alpha value is -4.00. The first-order chi connectivity index (χ1) is 19.0. The van der Waals surface area contributed by atoms with E-state index in [1.807, 2.05) is 28.2 Å². The molecule has 5 rings (SSSR count). The van der Waals surface area contributed by atoms with Gasteiger partial charge in [0.15, 0.2) is 0 Å². The summed E-state index contributed by atoms with van der Waals surface area (Å²) in [5.74, 6) is 0.866. The predicted molar refractivity (Wildman–Crippen MR) is 154 cm³/mol. The van der Waals surface area contributed by atoms with Crippen molar-refractivity contribution in [2.75, 3.05) is 37.6 Å². The average Bonchev–Trinajstić information content (AvgIpc) is 2.97. The summed E-state index contributed by atoms with van der Waals surface area (Å²) in [5.41, 5.74) is 5.26. The summed E-state index contributed by atoms with van der Waals surface area (Å²) >= 11 is 0. The fourth-order valence-electron chi connectivity index (χ4n) is 5.24. The molecule has 6 nitrogen and oxygen atoms in total. The van der Waals surface area contributed by atoms with Crippen LogP contribution >= 0.6 is 0 Å². The quantitative estimate of drug-likeness (QED) is 0.393. The van der Waals surface area contributed by atoms with Crippen LogP contribution in [-0.2, 0) is 11.2 Å². The fraction of sp³-hybridized carbons (Fsp3) is 0.344. The van der Waals surface area contributed by atoms with Gasteiger partial charge in [-0.15, -0.1) is 0 Å². The first-order valence-electron chi connectivity index (χ1n) is 13.8. The normalized spacial score (nSPS) is 17.6. The number of nitrogens with zero attached hydrogens (tertiary/aromatic N) is 5. The number of benzene rings is 2. The van der Waals surface area contributed by atoms with E-state index in [0.29, 0.717) is 13.1 Å². The van der Waals surface area contributed by atoms with Gasteiger partial charge in [0.2, 0.25) is 5.91 Å². The SMILES string of the molecule is CCC1C=C(CCc2ccccc2)N(CC(=O)N2CCN(c3cc(C)ccn3)CC2)N=C1c1ccc(F)cc1. The van der Waals surface area contributed by atoms with E-state index in [0.717, 1.165) is 55.1 Å². The topological polar surface area (TPSA) is 52.0 Å². The minimum absolute atomic E-state index is 0.0645. The number of aromatic nitrogens is 1. The lowest BCUT2D eigenvalue weighted by atomic mass is 9.91. The number of carbonyl (C=O) groups is 1. The molecule has 0 radical (unpaired) electrons. The molecule has 1 aromatic heterocycles. The van der Waals surface area contributed by atoms with E-state index in [2.05, 4.69) is 60.1 Å². The first-order valence-corrected chi connectivity index (χ1v) is 13.8. The van der Waals surface area contributed by atoms with E-state index in [9.17, 15) is 9.18 Å². The zero-order valence-electron chi connectivity index (χ0n) is 22.8. The fourth-order valence-corrected chi connectivity index (χ4v) is 5.24. The lowest BCUT2D eigenvalue weighted by Crippen LogP contribution is -2.51. The zero-order chi connectivity index (χ0) is 27.2. The van der Waals surface area contributed by atoms with Crippen LogP contribution < -0.4 is 4.90 Å². The van der Waals surface area contributed by atoms with Crippen molar-refractivity contribution in [1.82, 2.24) is 14.9 Å². The third-order valence-corrected chi connectivity index (χ3v) is 7.54. The summed E-state index contributed by atoms with van der Waals surface area (Å²) < 4.78 is 13.6. The molecule has 39 heavy (non-hydrogen) atoms. The van der Waals surface area contributed by atoms with E-state index in [-0.39, 0.29) is 24.2 Å². The van der Waals surface area contributed by atoms with Crippen molar-refractivity contribution in [3.8, 4) is 0 Å². The monoisotopic (exact) mass is 525 g/mol. The van der Waals surface area contributed by atoms with E-state index in [1.54, 1.807) is 12.1 Å². The van der Waals surface area contributed by atoms with Crippen molar-refractivity contribution in [3.63, 3.8) is 0 Å². The third-order valence-electron chi connectivity index (χ3n) is 7.54. The van der Waals surface area contributed by atoms with E-state index in [4.69, 9.17) is 5.10 Å². The number of aryl methyl sites for hydroxylation is 2. The number of halogens is 1. The zero-order valence-corrected chi connectivity index (χ0v) is 22.8. The number of rotatable bonds is 8. The molecular weight excluding hydrogens is 489 g/mol. The van der Waals surface area contributed by atoms with Crippen LogP contribution in [0.5, 0.6) is 0 Å². The molecule has 0 aliphatic carbocycles. The highest BCUT2D eigenvalue weighted by molar-refractivity contribution is 6.03. The largest absolute Gasteiger partial charge is 0.353 e. The second-order valence-electron chi connectivity index (χ2n) is 10.3. The van der Waals surface area contributed by atoms with Crippen molar-refractivity contribution in [1.29, 1.82) is 0 Å².